The van der Waals surface area contributed by atoms with Crippen LogP contribution in [-0.2, 0) is 10.0 Å². The lowest BCUT2D eigenvalue weighted by atomic mass is 10.2. The second-order valence-corrected chi connectivity index (χ2v) is 6.60. The van der Waals surface area contributed by atoms with E-state index < -0.39 is 31.7 Å². The zero-order valence-corrected chi connectivity index (χ0v) is 11.8. The number of hydrogen-bond donors (Lipinski definition) is 2. The van der Waals surface area contributed by atoms with Gasteiger partial charge in [-0.15, -0.1) is 11.3 Å². The topological polar surface area (TPSA) is 96.4 Å². The normalized spacial score (nSPS) is 11.3. The second-order valence-electron chi connectivity index (χ2n) is 3.86. The van der Waals surface area contributed by atoms with Crippen molar-refractivity contribution in [3.8, 4) is 0 Å². The van der Waals surface area contributed by atoms with Gasteiger partial charge in [0.05, 0.1) is 11.2 Å². The molecule has 0 fully saturated rings. The highest BCUT2D eigenvalue weighted by atomic mass is 32.2. The maximum Gasteiger partial charge on any atom is 0.356 e. The zero-order chi connectivity index (χ0) is 14.9. The molecular weight excluding hydrogens is 307 g/mol. The number of carboxylic acids is 1. The van der Waals surface area contributed by atoms with Crippen LogP contribution >= 0.6 is 11.3 Å². The molecule has 1 heterocycles. The Morgan fingerprint density at radius 1 is 1.45 bits per heavy atom. The monoisotopic (exact) mass is 316 g/mol. The first-order valence-electron chi connectivity index (χ1n) is 5.27. The molecule has 2 aromatic rings. The highest BCUT2D eigenvalue weighted by molar-refractivity contribution is 7.94. The molecule has 1 aromatic heterocycles. The first kappa shape index (κ1) is 14.4. The summed E-state index contributed by atoms with van der Waals surface area (Å²) in [6.45, 7) is 1.54. The number of sulfonamides is 1. The number of aromatic nitrogens is 1. The van der Waals surface area contributed by atoms with Crippen LogP contribution in [0.25, 0.3) is 0 Å². The van der Waals surface area contributed by atoms with Crippen LogP contribution < -0.4 is 4.72 Å². The molecule has 20 heavy (non-hydrogen) atoms. The fourth-order valence-corrected chi connectivity index (χ4v) is 3.62. The number of carboxylic acid groups (broad SMARTS) is 1. The minimum atomic E-state index is -4.12. The molecule has 9 heteroatoms. The van der Waals surface area contributed by atoms with Crippen LogP contribution in [0.15, 0.2) is 27.9 Å². The number of anilines is 1. The summed E-state index contributed by atoms with van der Waals surface area (Å²) in [4.78, 5) is 14.4. The van der Waals surface area contributed by atoms with Gasteiger partial charge in [0, 0.05) is 0 Å². The van der Waals surface area contributed by atoms with Crippen LogP contribution in [-0.4, -0.2) is 24.5 Å². The smallest absolute Gasteiger partial charge is 0.356 e. The average molecular weight is 316 g/mol. The maximum atomic E-state index is 13.4. The van der Waals surface area contributed by atoms with E-state index >= 15 is 0 Å². The summed E-state index contributed by atoms with van der Waals surface area (Å²) in [5.41, 5.74) is 0.943. The van der Waals surface area contributed by atoms with E-state index in [2.05, 4.69) is 9.71 Å². The predicted molar refractivity (Wildman–Crippen MR) is 71.0 cm³/mol. The Labute approximate surface area is 118 Å². The van der Waals surface area contributed by atoms with Crippen molar-refractivity contribution < 1.29 is 22.7 Å². The molecule has 0 atom stereocenters. The molecule has 0 radical (unpaired) electrons. The first-order valence-corrected chi connectivity index (χ1v) is 7.63. The molecular formula is C11H9FN2O4S2. The minimum Gasteiger partial charge on any atom is -0.476 e. The van der Waals surface area contributed by atoms with Crippen molar-refractivity contribution in [2.75, 3.05) is 4.72 Å². The molecule has 6 nitrogen and oxygen atoms in total. The molecule has 0 bridgehead atoms. The number of halogens is 1. The van der Waals surface area contributed by atoms with Gasteiger partial charge in [-0.2, -0.15) is 0 Å². The summed E-state index contributed by atoms with van der Waals surface area (Å²) in [5.74, 6) is -2.00. The Morgan fingerprint density at radius 2 is 2.15 bits per heavy atom. The van der Waals surface area contributed by atoms with Crippen molar-refractivity contribution in [3.63, 3.8) is 0 Å². The van der Waals surface area contributed by atoms with Gasteiger partial charge in [-0.1, -0.05) is 6.07 Å². The number of aryl methyl sites for hydroxylation is 1. The number of nitrogens with zero attached hydrogens (tertiary/aromatic N) is 1. The maximum absolute atomic E-state index is 13.4. The van der Waals surface area contributed by atoms with Gasteiger partial charge in [-0.05, 0) is 24.6 Å². The number of nitrogens with one attached hydrogen (secondary N) is 1. The number of benzene rings is 1. The lowest BCUT2D eigenvalue weighted by Crippen LogP contribution is -2.15. The summed E-state index contributed by atoms with van der Waals surface area (Å²) in [6.07, 6.45) is 0. The predicted octanol–water partition coefficient (Wildman–Crippen LogP) is 2.09. The third-order valence-corrected chi connectivity index (χ3v) is 5.16. The SMILES string of the molecule is Cc1ccc(NS(=O)(=O)c2scnc2C(=O)O)cc1F. The molecule has 106 valence electrons. The third kappa shape index (κ3) is 2.78. The largest absolute Gasteiger partial charge is 0.476 e. The van der Waals surface area contributed by atoms with E-state index in [9.17, 15) is 17.6 Å². The van der Waals surface area contributed by atoms with E-state index in [0.717, 1.165) is 11.6 Å². The van der Waals surface area contributed by atoms with Crippen molar-refractivity contribution in [1.29, 1.82) is 0 Å². The molecule has 2 rings (SSSR count). The Morgan fingerprint density at radius 3 is 2.75 bits per heavy atom. The van der Waals surface area contributed by atoms with Crippen LogP contribution in [0.5, 0.6) is 0 Å². The number of thiazole rings is 1. The van der Waals surface area contributed by atoms with Crippen molar-refractivity contribution in [3.05, 3.63) is 40.8 Å². The van der Waals surface area contributed by atoms with Gasteiger partial charge < -0.3 is 5.11 Å². The highest BCUT2D eigenvalue weighted by Crippen LogP contribution is 2.24. The van der Waals surface area contributed by atoms with Crippen molar-refractivity contribution >= 4 is 33.0 Å². The van der Waals surface area contributed by atoms with Gasteiger partial charge in [0.2, 0.25) is 0 Å². The fraction of sp³-hybridized carbons (Fsp3) is 0.0909. The van der Waals surface area contributed by atoms with Crippen LogP contribution in [0, 0.1) is 12.7 Å². The van der Waals surface area contributed by atoms with Crippen molar-refractivity contribution in [1.82, 2.24) is 4.98 Å². The van der Waals surface area contributed by atoms with Gasteiger partial charge in [0.15, 0.2) is 9.90 Å². The average Bonchev–Trinajstić information content (AvgIpc) is 2.83. The molecule has 2 N–H and O–H groups in total. The Kier molecular flexibility index (Phi) is 3.73. The number of carbonyl (C=O) groups is 1. The summed E-state index contributed by atoms with van der Waals surface area (Å²) in [5, 5.41) is 8.86. The van der Waals surface area contributed by atoms with Crippen LogP contribution in [0.4, 0.5) is 10.1 Å². The Balaban J connectivity index is 2.38. The molecule has 0 unspecified atom stereocenters. The van der Waals surface area contributed by atoms with E-state index in [-0.39, 0.29) is 5.69 Å². The standard InChI is InChI=1S/C11H9FN2O4S2/c1-6-2-3-7(4-8(6)12)14-20(17,18)11-9(10(15)16)13-5-19-11/h2-5,14H,1H3,(H,15,16). The Hall–Kier alpha value is -2.00. The van der Waals surface area contributed by atoms with Crippen LogP contribution in [0.3, 0.4) is 0 Å². The first-order chi connectivity index (χ1) is 9.31. The fourth-order valence-electron chi connectivity index (χ4n) is 1.43. The lowest BCUT2D eigenvalue weighted by molar-refractivity contribution is 0.0687. The van der Waals surface area contributed by atoms with Crippen molar-refractivity contribution in [2.24, 2.45) is 0 Å². The molecule has 0 saturated heterocycles. The molecule has 0 spiro atoms. The summed E-state index contributed by atoms with van der Waals surface area (Å²) in [7, 11) is -4.12. The van der Waals surface area contributed by atoms with E-state index in [1.807, 2.05) is 0 Å². The lowest BCUT2D eigenvalue weighted by Gasteiger charge is -2.07. The van der Waals surface area contributed by atoms with Gasteiger partial charge in [0.25, 0.3) is 10.0 Å². The molecule has 0 aliphatic carbocycles. The number of aromatic carboxylic acids is 1. The highest BCUT2D eigenvalue weighted by Gasteiger charge is 2.25. The van der Waals surface area contributed by atoms with E-state index in [4.69, 9.17) is 5.11 Å². The van der Waals surface area contributed by atoms with Gasteiger partial charge in [0.1, 0.15) is 5.82 Å². The number of rotatable bonds is 4. The number of hydrogen-bond acceptors (Lipinski definition) is 5. The van der Waals surface area contributed by atoms with Gasteiger partial charge in [-0.3, -0.25) is 4.72 Å². The Bertz CT molecular complexity index is 770. The van der Waals surface area contributed by atoms with E-state index in [0.29, 0.717) is 16.9 Å². The molecule has 0 saturated carbocycles. The minimum absolute atomic E-state index is 0.0119. The van der Waals surface area contributed by atoms with Crippen LogP contribution in [0.2, 0.25) is 0 Å². The molecule has 0 aliphatic heterocycles. The summed E-state index contributed by atoms with van der Waals surface area (Å²) >= 11 is 0.675. The quantitative estimate of drug-likeness (QED) is 0.900. The second kappa shape index (κ2) is 5.17. The summed E-state index contributed by atoms with van der Waals surface area (Å²) < 4.78 is 39.2. The van der Waals surface area contributed by atoms with Crippen molar-refractivity contribution in [2.45, 2.75) is 11.1 Å². The molecule has 0 amide bonds. The summed E-state index contributed by atoms with van der Waals surface area (Å²) in [6, 6.07) is 3.82. The van der Waals surface area contributed by atoms with E-state index in [1.54, 1.807) is 6.92 Å². The van der Waals surface area contributed by atoms with Gasteiger partial charge >= 0.3 is 5.97 Å². The zero-order valence-electron chi connectivity index (χ0n) is 10.1. The van der Waals surface area contributed by atoms with E-state index in [1.165, 1.54) is 12.1 Å². The third-order valence-electron chi connectivity index (χ3n) is 2.41. The van der Waals surface area contributed by atoms with Gasteiger partial charge in [-0.25, -0.2) is 22.6 Å². The molecule has 0 aliphatic rings. The van der Waals surface area contributed by atoms with Crippen LogP contribution in [0.1, 0.15) is 16.1 Å². The molecule has 1 aromatic carbocycles.